The third-order valence-corrected chi connectivity index (χ3v) is 4.03. The standard InChI is InChI=1S/C18H32N2O/c1-6-10-19-14-17-8-7-9-18(13-17)21-12-11-20(5)16(4)15(2)3/h7-9,13,15-16,19H,6,10-12,14H2,1-5H3. The van der Waals surface area contributed by atoms with E-state index in [9.17, 15) is 0 Å². The van der Waals surface area contributed by atoms with Crippen molar-refractivity contribution in [2.75, 3.05) is 26.7 Å². The summed E-state index contributed by atoms with van der Waals surface area (Å²) in [5, 5.41) is 3.42. The smallest absolute Gasteiger partial charge is 0.119 e. The number of hydrogen-bond acceptors (Lipinski definition) is 3. The molecule has 0 fully saturated rings. The summed E-state index contributed by atoms with van der Waals surface area (Å²) in [7, 11) is 2.17. The van der Waals surface area contributed by atoms with Crippen LogP contribution in [0.5, 0.6) is 5.75 Å². The van der Waals surface area contributed by atoms with E-state index in [2.05, 4.69) is 63.2 Å². The first kappa shape index (κ1) is 18.0. The zero-order valence-electron chi connectivity index (χ0n) is 14.4. The van der Waals surface area contributed by atoms with Crippen molar-refractivity contribution in [3.63, 3.8) is 0 Å². The summed E-state index contributed by atoms with van der Waals surface area (Å²) >= 11 is 0. The number of benzene rings is 1. The SMILES string of the molecule is CCCNCc1cccc(OCCN(C)C(C)C(C)C)c1. The molecule has 0 amide bonds. The molecular weight excluding hydrogens is 260 g/mol. The highest BCUT2D eigenvalue weighted by atomic mass is 16.5. The van der Waals surface area contributed by atoms with E-state index in [1.165, 1.54) is 5.56 Å². The molecule has 0 aromatic heterocycles. The van der Waals surface area contributed by atoms with Gasteiger partial charge in [0.05, 0.1) is 0 Å². The van der Waals surface area contributed by atoms with Crippen molar-refractivity contribution in [3.05, 3.63) is 29.8 Å². The van der Waals surface area contributed by atoms with E-state index in [-0.39, 0.29) is 0 Å². The Hall–Kier alpha value is -1.06. The van der Waals surface area contributed by atoms with Crippen LogP contribution in [-0.4, -0.2) is 37.7 Å². The van der Waals surface area contributed by atoms with E-state index in [1.807, 2.05) is 6.07 Å². The quantitative estimate of drug-likeness (QED) is 0.668. The first-order chi connectivity index (χ1) is 10.0. The van der Waals surface area contributed by atoms with Crippen molar-refractivity contribution < 1.29 is 4.74 Å². The Labute approximate surface area is 130 Å². The third-order valence-electron chi connectivity index (χ3n) is 4.03. The highest BCUT2D eigenvalue weighted by molar-refractivity contribution is 5.28. The number of nitrogens with one attached hydrogen (secondary N) is 1. The summed E-state index contributed by atoms with van der Waals surface area (Å²) < 4.78 is 5.88. The normalized spacial score (nSPS) is 12.9. The number of ether oxygens (including phenoxy) is 1. The van der Waals surface area contributed by atoms with Gasteiger partial charge >= 0.3 is 0 Å². The fourth-order valence-corrected chi connectivity index (χ4v) is 2.17. The first-order valence-electron chi connectivity index (χ1n) is 8.17. The van der Waals surface area contributed by atoms with Crippen molar-refractivity contribution in [2.45, 2.75) is 46.7 Å². The van der Waals surface area contributed by atoms with Crippen molar-refractivity contribution in [2.24, 2.45) is 5.92 Å². The van der Waals surface area contributed by atoms with Gasteiger partial charge in [-0.25, -0.2) is 0 Å². The van der Waals surface area contributed by atoms with Crippen LogP contribution in [0.3, 0.4) is 0 Å². The van der Waals surface area contributed by atoms with Gasteiger partial charge in [0.2, 0.25) is 0 Å². The molecule has 0 aliphatic carbocycles. The van der Waals surface area contributed by atoms with Crippen LogP contribution in [-0.2, 0) is 6.54 Å². The van der Waals surface area contributed by atoms with Gasteiger partial charge in [0.15, 0.2) is 0 Å². The minimum absolute atomic E-state index is 0.582. The van der Waals surface area contributed by atoms with Crippen LogP contribution < -0.4 is 10.1 Å². The van der Waals surface area contributed by atoms with Gasteiger partial charge in [-0.2, -0.15) is 0 Å². The topological polar surface area (TPSA) is 24.5 Å². The second-order valence-electron chi connectivity index (χ2n) is 6.14. The number of hydrogen-bond donors (Lipinski definition) is 1. The van der Waals surface area contributed by atoms with Crippen LogP contribution in [0.1, 0.15) is 39.7 Å². The average molecular weight is 292 g/mol. The van der Waals surface area contributed by atoms with Crippen molar-refractivity contribution in [1.82, 2.24) is 10.2 Å². The van der Waals surface area contributed by atoms with Gasteiger partial charge in [-0.05, 0) is 50.6 Å². The summed E-state index contributed by atoms with van der Waals surface area (Å²) in [6, 6.07) is 8.96. The Morgan fingerprint density at radius 3 is 2.67 bits per heavy atom. The van der Waals surface area contributed by atoms with Crippen molar-refractivity contribution in [1.29, 1.82) is 0 Å². The van der Waals surface area contributed by atoms with Crippen LogP contribution >= 0.6 is 0 Å². The second-order valence-corrected chi connectivity index (χ2v) is 6.14. The molecule has 0 bridgehead atoms. The highest BCUT2D eigenvalue weighted by Crippen LogP contribution is 2.14. The summed E-state index contributed by atoms with van der Waals surface area (Å²) in [6.45, 7) is 12.6. The average Bonchev–Trinajstić information content (AvgIpc) is 2.47. The molecule has 0 aliphatic heterocycles. The van der Waals surface area contributed by atoms with Gasteiger partial charge in [0, 0.05) is 19.1 Å². The fourth-order valence-electron chi connectivity index (χ4n) is 2.17. The number of rotatable bonds is 10. The van der Waals surface area contributed by atoms with Gasteiger partial charge in [0.25, 0.3) is 0 Å². The molecule has 0 aliphatic rings. The maximum absolute atomic E-state index is 5.88. The summed E-state index contributed by atoms with van der Waals surface area (Å²) in [5.74, 6) is 1.64. The van der Waals surface area contributed by atoms with E-state index < -0.39 is 0 Å². The molecule has 1 aromatic carbocycles. The fraction of sp³-hybridized carbons (Fsp3) is 0.667. The van der Waals surface area contributed by atoms with Crippen LogP contribution in [0.15, 0.2) is 24.3 Å². The zero-order valence-corrected chi connectivity index (χ0v) is 14.4. The van der Waals surface area contributed by atoms with Crippen LogP contribution in [0.2, 0.25) is 0 Å². The van der Waals surface area contributed by atoms with Gasteiger partial charge in [-0.15, -0.1) is 0 Å². The maximum Gasteiger partial charge on any atom is 0.119 e. The Balaban J connectivity index is 2.36. The lowest BCUT2D eigenvalue weighted by molar-refractivity contribution is 0.170. The van der Waals surface area contributed by atoms with Gasteiger partial charge < -0.3 is 15.0 Å². The second kappa shape index (κ2) is 9.80. The van der Waals surface area contributed by atoms with E-state index in [1.54, 1.807) is 0 Å². The third kappa shape index (κ3) is 6.96. The van der Waals surface area contributed by atoms with Gasteiger partial charge in [-0.1, -0.05) is 32.9 Å². The Bertz CT molecular complexity index is 393. The molecule has 0 heterocycles. The zero-order chi connectivity index (χ0) is 15.7. The Morgan fingerprint density at radius 2 is 2.00 bits per heavy atom. The molecule has 0 saturated carbocycles. The summed E-state index contributed by atoms with van der Waals surface area (Å²) in [6.07, 6.45) is 1.16. The predicted molar refractivity (Wildman–Crippen MR) is 90.9 cm³/mol. The molecule has 3 nitrogen and oxygen atoms in total. The van der Waals surface area contributed by atoms with Crippen molar-refractivity contribution >= 4 is 0 Å². The minimum Gasteiger partial charge on any atom is -0.492 e. The Kier molecular flexibility index (Phi) is 8.40. The lowest BCUT2D eigenvalue weighted by atomic mass is 10.1. The molecule has 1 atom stereocenters. The molecule has 0 saturated heterocycles. The van der Waals surface area contributed by atoms with Crippen molar-refractivity contribution in [3.8, 4) is 5.75 Å². The molecule has 21 heavy (non-hydrogen) atoms. The predicted octanol–water partition coefficient (Wildman–Crippen LogP) is 3.54. The lowest BCUT2D eigenvalue weighted by Gasteiger charge is -2.27. The molecule has 3 heteroatoms. The molecule has 1 aromatic rings. The maximum atomic E-state index is 5.88. The molecule has 1 rings (SSSR count). The molecule has 120 valence electrons. The van der Waals surface area contributed by atoms with E-state index in [4.69, 9.17) is 4.74 Å². The number of likely N-dealkylation sites (N-methyl/N-ethyl adjacent to an activating group) is 1. The highest BCUT2D eigenvalue weighted by Gasteiger charge is 2.12. The molecule has 1 unspecified atom stereocenters. The minimum atomic E-state index is 0.582. The Morgan fingerprint density at radius 1 is 1.24 bits per heavy atom. The van der Waals surface area contributed by atoms with E-state index in [0.717, 1.165) is 38.4 Å². The monoisotopic (exact) mass is 292 g/mol. The van der Waals surface area contributed by atoms with Crippen LogP contribution in [0.4, 0.5) is 0 Å². The molecule has 0 spiro atoms. The largest absolute Gasteiger partial charge is 0.492 e. The van der Waals surface area contributed by atoms with Gasteiger partial charge in [-0.3, -0.25) is 0 Å². The summed E-state index contributed by atoms with van der Waals surface area (Å²) in [5.41, 5.74) is 1.28. The van der Waals surface area contributed by atoms with Crippen LogP contribution in [0, 0.1) is 5.92 Å². The lowest BCUT2D eigenvalue weighted by Crippen LogP contribution is -2.36. The molecule has 1 N–H and O–H groups in total. The summed E-state index contributed by atoms with van der Waals surface area (Å²) in [4.78, 5) is 2.36. The molecular formula is C18H32N2O. The van der Waals surface area contributed by atoms with Gasteiger partial charge in [0.1, 0.15) is 12.4 Å². The first-order valence-corrected chi connectivity index (χ1v) is 8.17. The van der Waals surface area contributed by atoms with E-state index >= 15 is 0 Å². The van der Waals surface area contributed by atoms with E-state index in [0.29, 0.717) is 12.0 Å². The number of nitrogens with zero attached hydrogens (tertiary/aromatic N) is 1. The van der Waals surface area contributed by atoms with Crippen LogP contribution in [0.25, 0.3) is 0 Å². The molecule has 0 radical (unpaired) electrons.